The summed E-state index contributed by atoms with van der Waals surface area (Å²) in [6.07, 6.45) is 6.82. The van der Waals surface area contributed by atoms with Crippen molar-refractivity contribution in [1.29, 1.82) is 0 Å². The molecule has 3 aliphatic heterocycles. The first-order valence-electron chi connectivity index (χ1n) is 16.5. The highest BCUT2D eigenvalue weighted by Crippen LogP contribution is 2.36. The highest BCUT2D eigenvalue weighted by Gasteiger charge is 2.31. The van der Waals surface area contributed by atoms with Crippen molar-refractivity contribution in [3.63, 3.8) is 0 Å². The summed E-state index contributed by atoms with van der Waals surface area (Å²) in [5.41, 5.74) is 5.14. The molecule has 2 aromatic heterocycles. The number of aromatic nitrogens is 3. The fourth-order valence-electron chi connectivity index (χ4n) is 7.68. The zero-order valence-corrected chi connectivity index (χ0v) is 26.2. The van der Waals surface area contributed by atoms with Gasteiger partial charge in [0.1, 0.15) is 17.5 Å². The van der Waals surface area contributed by atoms with Gasteiger partial charge in [0, 0.05) is 78.4 Å². The normalized spacial score (nSPS) is 18.8. The van der Waals surface area contributed by atoms with E-state index < -0.39 is 0 Å². The van der Waals surface area contributed by atoms with Gasteiger partial charge in [0.05, 0.1) is 11.4 Å². The number of anilines is 1. The fourth-order valence-corrected chi connectivity index (χ4v) is 7.68. The molecule has 3 aliphatic rings. The summed E-state index contributed by atoms with van der Waals surface area (Å²) >= 11 is 0. The van der Waals surface area contributed by atoms with E-state index in [2.05, 4.69) is 20.1 Å². The molecule has 5 heterocycles. The number of fused-ring (bicyclic) bond motifs is 2. The Balaban J connectivity index is 1.00. The first kappa shape index (κ1) is 30.5. The third-order valence-electron chi connectivity index (χ3n) is 10.3. The van der Waals surface area contributed by atoms with E-state index >= 15 is 0 Å². The van der Waals surface area contributed by atoms with Crippen LogP contribution in [0.4, 0.5) is 14.5 Å². The average Bonchev–Trinajstić information content (AvgIpc) is 3.49. The molecule has 9 nitrogen and oxygen atoms in total. The minimum absolute atomic E-state index is 0.0302. The van der Waals surface area contributed by atoms with Crippen molar-refractivity contribution in [2.45, 2.75) is 70.8 Å². The van der Waals surface area contributed by atoms with Crippen molar-refractivity contribution >= 4 is 22.4 Å². The summed E-state index contributed by atoms with van der Waals surface area (Å²) in [5.74, 6) is 0.404. The first-order chi connectivity index (χ1) is 22.4. The Hall–Kier alpha value is -4.12. The standard InChI is InChI=1S/C35H40F2N6O3/c1-22-27(35(44)43-14-3-2-4-32(43)38-22)13-17-41-15-9-23(10-16-41)33(39-45)28-7-5-25(36)20-30(28)42-18-11-24(12-19-42)34-29-8-6-26(37)21-31(29)46-40-34/h5-8,20-21,23-24,45H,2-4,9-19H2,1H3/b39-33+. The molecule has 0 spiro atoms. The van der Waals surface area contributed by atoms with E-state index in [4.69, 9.17) is 9.51 Å². The molecule has 2 saturated heterocycles. The molecule has 4 aromatic rings. The van der Waals surface area contributed by atoms with Crippen LogP contribution in [0.3, 0.4) is 0 Å². The number of likely N-dealkylation sites (tertiary alicyclic amines) is 1. The van der Waals surface area contributed by atoms with E-state index in [1.165, 1.54) is 24.3 Å². The van der Waals surface area contributed by atoms with Gasteiger partial charge < -0.3 is 19.5 Å². The summed E-state index contributed by atoms with van der Waals surface area (Å²) in [7, 11) is 0. The molecule has 0 atom stereocenters. The van der Waals surface area contributed by atoms with Crippen LogP contribution in [0.1, 0.15) is 72.8 Å². The molecule has 242 valence electrons. The molecule has 0 amide bonds. The second kappa shape index (κ2) is 12.9. The van der Waals surface area contributed by atoms with Crippen LogP contribution in [0.25, 0.3) is 11.0 Å². The molecular formula is C35H40F2N6O3. The predicted octanol–water partition coefficient (Wildman–Crippen LogP) is 5.82. The summed E-state index contributed by atoms with van der Waals surface area (Å²) in [4.78, 5) is 22.5. The lowest BCUT2D eigenvalue weighted by atomic mass is 9.86. The maximum absolute atomic E-state index is 14.6. The van der Waals surface area contributed by atoms with Gasteiger partial charge >= 0.3 is 0 Å². The fraction of sp³-hybridized carbons (Fsp3) is 0.486. The SMILES string of the molecule is Cc1nc2n(c(=O)c1CCN1CCC(/C(=N\O)c3ccc(F)cc3N3CCC(c4noc5cc(F)ccc45)CC3)CC1)CCCC2. The van der Waals surface area contributed by atoms with Gasteiger partial charge in [-0.25, -0.2) is 13.8 Å². The average molecular weight is 631 g/mol. The molecule has 1 N–H and O–H groups in total. The van der Waals surface area contributed by atoms with Crippen molar-refractivity contribution in [3.05, 3.63) is 86.7 Å². The zero-order valence-electron chi connectivity index (χ0n) is 26.2. The minimum atomic E-state index is -0.356. The molecule has 11 heteroatoms. The molecule has 7 rings (SSSR count). The lowest BCUT2D eigenvalue weighted by Gasteiger charge is -2.36. The smallest absolute Gasteiger partial charge is 0.256 e. The zero-order chi connectivity index (χ0) is 31.8. The van der Waals surface area contributed by atoms with Gasteiger partial charge in [0.2, 0.25) is 0 Å². The number of hydrogen-bond donors (Lipinski definition) is 1. The summed E-state index contributed by atoms with van der Waals surface area (Å²) in [6.45, 7) is 6.47. The topological polar surface area (TPSA) is 100.0 Å². The molecule has 0 unspecified atom stereocenters. The Bertz CT molecular complexity index is 1820. The lowest BCUT2D eigenvalue weighted by molar-refractivity contribution is 0.208. The number of oxime groups is 1. The van der Waals surface area contributed by atoms with Crippen LogP contribution in [-0.4, -0.2) is 63.3 Å². The Morgan fingerprint density at radius 3 is 2.54 bits per heavy atom. The first-order valence-corrected chi connectivity index (χ1v) is 16.5. The quantitative estimate of drug-likeness (QED) is 0.156. The van der Waals surface area contributed by atoms with Crippen LogP contribution in [0, 0.1) is 24.5 Å². The van der Waals surface area contributed by atoms with Crippen LogP contribution in [0.5, 0.6) is 0 Å². The van der Waals surface area contributed by atoms with Crippen LogP contribution in [-0.2, 0) is 19.4 Å². The van der Waals surface area contributed by atoms with E-state index in [9.17, 15) is 18.8 Å². The van der Waals surface area contributed by atoms with Crippen LogP contribution < -0.4 is 10.5 Å². The maximum atomic E-state index is 14.6. The predicted molar refractivity (Wildman–Crippen MR) is 172 cm³/mol. The maximum Gasteiger partial charge on any atom is 0.256 e. The van der Waals surface area contributed by atoms with Gasteiger partial charge in [-0.3, -0.25) is 9.36 Å². The number of halogens is 2. The van der Waals surface area contributed by atoms with Gasteiger partial charge in [-0.05, 0) is 95.3 Å². The van der Waals surface area contributed by atoms with Crippen LogP contribution >= 0.6 is 0 Å². The second-order valence-electron chi connectivity index (χ2n) is 13.0. The Kier molecular flexibility index (Phi) is 8.59. The lowest BCUT2D eigenvalue weighted by Crippen LogP contribution is -2.40. The molecule has 0 saturated carbocycles. The third-order valence-corrected chi connectivity index (χ3v) is 10.3. The molecule has 2 fully saturated rings. The van der Waals surface area contributed by atoms with Crippen molar-refractivity contribution < 1.29 is 18.5 Å². The van der Waals surface area contributed by atoms with Gasteiger partial charge in [-0.2, -0.15) is 0 Å². The number of benzene rings is 2. The summed E-state index contributed by atoms with van der Waals surface area (Å²) in [5, 5.41) is 19.1. The summed E-state index contributed by atoms with van der Waals surface area (Å²) < 4.78 is 35.5. The molecule has 46 heavy (non-hydrogen) atoms. The molecular weight excluding hydrogens is 590 g/mol. The van der Waals surface area contributed by atoms with E-state index in [0.717, 1.165) is 111 Å². The Labute approximate surface area is 266 Å². The monoisotopic (exact) mass is 630 g/mol. The highest BCUT2D eigenvalue weighted by molar-refractivity contribution is 6.06. The van der Waals surface area contributed by atoms with E-state index in [0.29, 0.717) is 30.8 Å². The van der Waals surface area contributed by atoms with Crippen molar-refractivity contribution in [2.75, 3.05) is 37.6 Å². The molecule has 0 bridgehead atoms. The van der Waals surface area contributed by atoms with Gasteiger partial charge in [-0.1, -0.05) is 10.3 Å². The number of rotatable bonds is 7. The van der Waals surface area contributed by atoms with Gasteiger partial charge in [0.15, 0.2) is 5.58 Å². The van der Waals surface area contributed by atoms with E-state index in [1.807, 2.05) is 11.5 Å². The second-order valence-corrected chi connectivity index (χ2v) is 13.0. The van der Waals surface area contributed by atoms with Gasteiger partial charge in [-0.15, -0.1) is 0 Å². The van der Waals surface area contributed by atoms with Crippen molar-refractivity contribution in [3.8, 4) is 0 Å². The molecule has 0 aliphatic carbocycles. The third kappa shape index (κ3) is 5.92. The highest BCUT2D eigenvalue weighted by atomic mass is 19.1. The molecule has 2 aromatic carbocycles. The van der Waals surface area contributed by atoms with E-state index in [1.54, 1.807) is 12.1 Å². The Morgan fingerprint density at radius 2 is 1.76 bits per heavy atom. The van der Waals surface area contributed by atoms with Crippen molar-refractivity contribution in [1.82, 2.24) is 19.6 Å². The number of piperidine rings is 2. The minimum Gasteiger partial charge on any atom is -0.411 e. The Morgan fingerprint density at radius 1 is 1.00 bits per heavy atom. The summed E-state index contributed by atoms with van der Waals surface area (Å²) in [6, 6.07) is 9.20. The number of hydrogen-bond acceptors (Lipinski definition) is 8. The largest absolute Gasteiger partial charge is 0.411 e. The van der Waals surface area contributed by atoms with Crippen LogP contribution in [0.15, 0.2) is 50.9 Å². The molecule has 0 radical (unpaired) electrons. The van der Waals surface area contributed by atoms with Crippen molar-refractivity contribution in [2.24, 2.45) is 11.1 Å². The van der Waals surface area contributed by atoms with E-state index in [-0.39, 0.29) is 29.0 Å². The number of aryl methyl sites for hydroxylation is 2. The van der Waals surface area contributed by atoms with Crippen LogP contribution in [0.2, 0.25) is 0 Å². The van der Waals surface area contributed by atoms with Gasteiger partial charge in [0.25, 0.3) is 5.56 Å². The number of nitrogens with zero attached hydrogens (tertiary/aromatic N) is 6.